The van der Waals surface area contributed by atoms with Crippen LogP contribution in [0, 0.1) is 11.8 Å². The van der Waals surface area contributed by atoms with Crippen LogP contribution >= 0.6 is 0 Å². The summed E-state index contributed by atoms with van der Waals surface area (Å²) >= 11 is 0. The van der Waals surface area contributed by atoms with Gasteiger partial charge in [0.25, 0.3) is 0 Å². The number of nitrogens with two attached hydrogens (primary N) is 1. The number of amides is 3. The Kier molecular flexibility index (Phi) is 8.65. The Balaban J connectivity index is 1.46. The summed E-state index contributed by atoms with van der Waals surface area (Å²) in [5.41, 5.74) is 6.45. The van der Waals surface area contributed by atoms with Gasteiger partial charge in [-0.25, -0.2) is 9.59 Å². The van der Waals surface area contributed by atoms with Gasteiger partial charge in [0.1, 0.15) is 6.04 Å². The summed E-state index contributed by atoms with van der Waals surface area (Å²) in [6.45, 7) is 3.46. The number of aromatic carboxylic acids is 1. The quantitative estimate of drug-likeness (QED) is 0.516. The van der Waals surface area contributed by atoms with Gasteiger partial charge in [0, 0.05) is 50.4 Å². The van der Waals surface area contributed by atoms with Gasteiger partial charge < -0.3 is 30.7 Å². The molecule has 4 rings (SSSR count). The van der Waals surface area contributed by atoms with E-state index in [0.29, 0.717) is 57.3 Å². The molecule has 2 saturated heterocycles. The summed E-state index contributed by atoms with van der Waals surface area (Å²) in [5.74, 6) is -0.947. The molecule has 1 aromatic carbocycles. The minimum absolute atomic E-state index is 0.00858. The Bertz CT molecular complexity index is 986. The summed E-state index contributed by atoms with van der Waals surface area (Å²) in [6.07, 6.45) is 3.57. The third kappa shape index (κ3) is 6.22. The van der Waals surface area contributed by atoms with E-state index in [2.05, 4.69) is 10.2 Å². The molecule has 0 spiro atoms. The maximum absolute atomic E-state index is 13.7. The van der Waals surface area contributed by atoms with E-state index in [-0.39, 0.29) is 35.4 Å². The second-order valence-electron chi connectivity index (χ2n) is 10.2. The average Bonchev–Trinajstić information content (AvgIpc) is 3.38. The highest BCUT2D eigenvalue weighted by Crippen LogP contribution is 2.33. The number of likely N-dealkylation sites (tertiary alicyclic amines) is 1. The molecule has 3 amide bonds. The van der Waals surface area contributed by atoms with Crippen molar-refractivity contribution in [3.63, 3.8) is 0 Å². The Morgan fingerprint density at radius 2 is 1.68 bits per heavy atom. The molecule has 0 aromatic heterocycles. The van der Waals surface area contributed by atoms with Crippen LogP contribution in [0.25, 0.3) is 0 Å². The van der Waals surface area contributed by atoms with E-state index in [1.54, 1.807) is 21.9 Å². The van der Waals surface area contributed by atoms with Crippen LogP contribution in [0.5, 0.6) is 0 Å². The summed E-state index contributed by atoms with van der Waals surface area (Å²) in [5, 5.41) is 12.0. The summed E-state index contributed by atoms with van der Waals surface area (Å²) in [7, 11) is 1.37. The fraction of sp³-hybridized carbons (Fsp3) is 0.615. The van der Waals surface area contributed by atoms with Gasteiger partial charge in [0.05, 0.1) is 12.7 Å². The molecule has 0 bridgehead atoms. The maximum Gasteiger partial charge on any atom is 0.409 e. The zero-order chi connectivity index (χ0) is 26.5. The first-order valence-corrected chi connectivity index (χ1v) is 13.0. The van der Waals surface area contributed by atoms with Crippen LogP contribution in [-0.4, -0.2) is 102 Å². The standard InChI is InChI=1S/C26H37N5O6/c1-37-26(36)30-12-10-29(11-13-30)21-14-22(23(32)28-20-8-6-19(7-9-20)25(34)35)31(16-21)24(33)18-4-2-17(15-27)3-5-18/h6-9,17-18,21-22H,2-5,10-16,27H2,1H3,(H,28,32)(H,34,35)/t17?,18?,21-,22-/m0/s1. The largest absolute Gasteiger partial charge is 0.478 e. The van der Waals surface area contributed by atoms with Gasteiger partial charge in [0.2, 0.25) is 11.8 Å². The first-order chi connectivity index (χ1) is 17.8. The van der Waals surface area contributed by atoms with Crippen LogP contribution in [0.1, 0.15) is 42.5 Å². The predicted octanol–water partition coefficient (Wildman–Crippen LogP) is 1.44. The van der Waals surface area contributed by atoms with Gasteiger partial charge in [-0.15, -0.1) is 0 Å². The number of anilines is 1. The van der Waals surface area contributed by atoms with Gasteiger partial charge in [-0.1, -0.05) is 0 Å². The Hall–Kier alpha value is -3.18. The Labute approximate surface area is 216 Å². The van der Waals surface area contributed by atoms with Crippen molar-refractivity contribution in [1.29, 1.82) is 0 Å². The highest BCUT2D eigenvalue weighted by Gasteiger charge is 2.44. The minimum Gasteiger partial charge on any atom is -0.478 e. The third-order valence-electron chi connectivity index (χ3n) is 8.06. The summed E-state index contributed by atoms with van der Waals surface area (Å²) in [4.78, 5) is 55.7. The fourth-order valence-electron chi connectivity index (χ4n) is 5.77. The molecular formula is C26H37N5O6. The molecule has 0 unspecified atom stereocenters. The van der Waals surface area contributed by atoms with Crippen LogP contribution in [0.15, 0.2) is 24.3 Å². The number of carbonyl (C=O) groups excluding carboxylic acids is 3. The highest BCUT2D eigenvalue weighted by atomic mass is 16.5. The number of rotatable bonds is 6. The van der Waals surface area contributed by atoms with Crippen molar-refractivity contribution in [3.05, 3.63) is 29.8 Å². The first-order valence-electron chi connectivity index (χ1n) is 13.0. The van der Waals surface area contributed by atoms with Gasteiger partial charge >= 0.3 is 12.1 Å². The SMILES string of the molecule is COC(=O)N1CCN([C@H]2C[C@@H](C(=O)Nc3ccc(C(=O)O)cc3)N(C(=O)C3CCC(CN)CC3)C2)CC1. The second-order valence-corrected chi connectivity index (χ2v) is 10.2. The Morgan fingerprint density at radius 3 is 2.24 bits per heavy atom. The van der Waals surface area contributed by atoms with Crippen molar-refractivity contribution in [3.8, 4) is 0 Å². The molecule has 202 valence electrons. The highest BCUT2D eigenvalue weighted by molar-refractivity contribution is 5.98. The molecule has 1 aromatic rings. The molecule has 1 aliphatic carbocycles. The number of piperazine rings is 1. The number of nitrogens with one attached hydrogen (secondary N) is 1. The van der Waals surface area contributed by atoms with Gasteiger partial charge in [0.15, 0.2) is 0 Å². The van der Waals surface area contributed by atoms with Crippen molar-refractivity contribution in [2.24, 2.45) is 17.6 Å². The zero-order valence-electron chi connectivity index (χ0n) is 21.3. The minimum atomic E-state index is -1.04. The molecule has 4 N–H and O–H groups in total. The van der Waals surface area contributed by atoms with Gasteiger partial charge in [-0.3, -0.25) is 14.5 Å². The van der Waals surface area contributed by atoms with Crippen molar-refractivity contribution >= 4 is 29.6 Å². The lowest BCUT2D eigenvalue weighted by molar-refractivity contribution is -0.141. The Morgan fingerprint density at radius 1 is 1.03 bits per heavy atom. The number of hydrogen-bond donors (Lipinski definition) is 3. The van der Waals surface area contributed by atoms with E-state index >= 15 is 0 Å². The molecule has 11 nitrogen and oxygen atoms in total. The topological polar surface area (TPSA) is 146 Å². The molecule has 2 atom stereocenters. The number of benzene rings is 1. The number of carbonyl (C=O) groups is 4. The normalized spacial score (nSPS) is 26.5. The molecule has 2 aliphatic heterocycles. The number of carboxylic acids is 1. The smallest absolute Gasteiger partial charge is 0.409 e. The van der Waals surface area contributed by atoms with E-state index in [9.17, 15) is 19.2 Å². The van der Waals surface area contributed by atoms with Crippen LogP contribution in [0.4, 0.5) is 10.5 Å². The second kappa shape index (κ2) is 11.9. The summed E-state index contributed by atoms with van der Waals surface area (Å²) < 4.78 is 4.83. The van der Waals surface area contributed by atoms with Gasteiger partial charge in [-0.2, -0.15) is 0 Å². The van der Waals surface area contributed by atoms with Gasteiger partial charge in [-0.05, 0) is 68.8 Å². The van der Waals surface area contributed by atoms with E-state index in [4.69, 9.17) is 15.6 Å². The summed E-state index contributed by atoms with van der Waals surface area (Å²) in [6, 6.07) is 5.38. The monoisotopic (exact) mass is 515 g/mol. The molecule has 1 saturated carbocycles. The molecular weight excluding hydrogens is 478 g/mol. The lowest BCUT2D eigenvalue weighted by atomic mass is 9.81. The number of methoxy groups -OCH3 is 1. The first kappa shape index (κ1) is 26.9. The van der Waals surface area contributed by atoms with Crippen molar-refractivity contribution < 1.29 is 29.0 Å². The van der Waals surface area contributed by atoms with Crippen molar-refractivity contribution in [2.75, 3.05) is 51.7 Å². The average molecular weight is 516 g/mol. The van der Waals surface area contributed by atoms with E-state index < -0.39 is 12.0 Å². The van der Waals surface area contributed by atoms with E-state index in [1.165, 1.54) is 19.2 Å². The molecule has 0 radical (unpaired) electrons. The van der Waals surface area contributed by atoms with Crippen LogP contribution in [0.2, 0.25) is 0 Å². The maximum atomic E-state index is 13.7. The fourth-order valence-corrected chi connectivity index (χ4v) is 5.77. The lowest BCUT2D eigenvalue weighted by Gasteiger charge is -2.37. The van der Waals surface area contributed by atoms with Crippen LogP contribution < -0.4 is 11.1 Å². The zero-order valence-corrected chi connectivity index (χ0v) is 21.3. The van der Waals surface area contributed by atoms with Crippen molar-refractivity contribution in [2.45, 2.75) is 44.2 Å². The molecule has 37 heavy (non-hydrogen) atoms. The lowest BCUT2D eigenvalue weighted by Crippen LogP contribution is -2.52. The molecule has 11 heteroatoms. The molecule has 3 aliphatic rings. The molecule has 3 fully saturated rings. The number of carboxylic acid groups (broad SMARTS) is 1. The van der Waals surface area contributed by atoms with Crippen LogP contribution in [0.3, 0.4) is 0 Å². The molecule has 2 heterocycles. The number of ether oxygens (including phenoxy) is 1. The van der Waals surface area contributed by atoms with Crippen molar-refractivity contribution in [1.82, 2.24) is 14.7 Å². The third-order valence-corrected chi connectivity index (χ3v) is 8.06. The number of hydrogen-bond acceptors (Lipinski definition) is 7. The predicted molar refractivity (Wildman–Crippen MR) is 136 cm³/mol. The van der Waals surface area contributed by atoms with E-state index in [0.717, 1.165) is 25.7 Å². The number of nitrogens with zero attached hydrogens (tertiary/aromatic N) is 3. The van der Waals surface area contributed by atoms with E-state index in [1.807, 2.05) is 0 Å². The van der Waals surface area contributed by atoms with Crippen LogP contribution in [-0.2, 0) is 14.3 Å².